The zero-order valence-corrected chi connectivity index (χ0v) is 61.3. The lowest BCUT2D eigenvalue weighted by Gasteiger charge is -2.45. The average molecular weight is 1350 g/mol. The Kier molecular flexibility index (Phi) is 34.0. The number of likely N-dealkylation sites (N-methyl/N-ethyl adjacent to an activating group) is 6. The van der Waals surface area contributed by atoms with Gasteiger partial charge in [-0.25, -0.2) is 0 Å². The summed E-state index contributed by atoms with van der Waals surface area (Å²) in [5, 5.41) is 32.9. The summed E-state index contributed by atoms with van der Waals surface area (Å²) >= 11 is 0. The molecule has 3 rings (SSSR count). The molecule has 6 N–H and O–H groups in total. The Morgan fingerprint density at radius 2 is 1.07 bits per heavy atom. The van der Waals surface area contributed by atoms with E-state index >= 15 is 24.0 Å². The van der Waals surface area contributed by atoms with Crippen LogP contribution in [-0.4, -0.2) is 287 Å². The molecule has 0 saturated carbocycles. The summed E-state index contributed by atoms with van der Waals surface area (Å²) in [6.07, 6.45) is 0.799. The molecular formula is C68H122N12O15. The minimum Gasteiger partial charge on any atom is -0.396 e. The lowest BCUT2D eigenvalue weighted by atomic mass is 9.91. The Morgan fingerprint density at radius 3 is 1.63 bits per heavy atom. The maximum absolute atomic E-state index is 15.5. The molecule has 0 aliphatic carbocycles. The van der Waals surface area contributed by atoms with E-state index in [1.165, 1.54) is 87.6 Å². The number of aliphatic hydroxyl groups excluding tert-OH is 2. The molecule has 0 spiro atoms. The smallest absolute Gasteiger partial charge is 0.246 e. The van der Waals surface area contributed by atoms with Gasteiger partial charge in [0.25, 0.3) is 0 Å². The van der Waals surface area contributed by atoms with Crippen molar-refractivity contribution < 1.29 is 72.4 Å². The van der Waals surface area contributed by atoms with E-state index in [2.05, 4.69) is 26.2 Å². The quantitative estimate of drug-likeness (QED) is 0.0893. The lowest BCUT2D eigenvalue weighted by molar-refractivity contribution is -0.159. The topological polar surface area (TPSA) is 321 Å². The van der Waals surface area contributed by atoms with E-state index in [4.69, 9.17) is 9.47 Å². The van der Waals surface area contributed by atoms with Gasteiger partial charge in [0, 0.05) is 74.6 Å². The van der Waals surface area contributed by atoms with Gasteiger partial charge in [-0.3, -0.25) is 57.6 Å². The minimum absolute atomic E-state index is 0.0278. The third-order valence-corrected chi connectivity index (χ3v) is 19.4. The molecule has 27 nitrogen and oxygen atoms in total. The number of fused-ring (bicyclic) bond motifs is 3. The van der Waals surface area contributed by atoms with Gasteiger partial charge >= 0.3 is 0 Å². The van der Waals surface area contributed by atoms with Gasteiger partial charge in [0.05, 0.1) is 25.4 Å². The van der Waals surface area contributed by atoms with E-state index < -0.39 is 167 Å². The number of carbonyl (C=O) groups excluding carboxylic acids is 11. The SMILES string of the molecule is CC[C@@H]1NC(=O)[C@H]([C@H](O)[C@H](C)CCCCCO)NC(=O)[C@H](C(C)C)N(C)C(=O)[C@@H]2CC(C)N(C(=O)[C@H](C)NC(=O)[C@H](CC(C)C)N(C)C(=O)[C@H](C(C)C)NC(=O)[C@H]([C@@H](C)OCCCCN3CCOCC3)N(C)C(=O)[C@@H](C)N(C)C1=O)[C@H](C)C(=O)N(C)[C@@H](CC(C)C)C(=O)N2C. The van der Waals surface area contributed by atoms with Crippen molar-refractivity contribution in [1.82, 2.24) is 60.5 Å². The number of ether oxygens (including phenoxy) is 2. The summed E-state index contributed by atoms with van der Waals surface area (Å²) in [5.41, 5.74) is 0. The molecule has 0 aromatic heterocycles. The molecule has 544 valence electrons. The normalized spacial score (nSPS) is 28.7. The second-order valence-electron chi connectivity index (χ2n) is 28.5. The highest BCUT2D eigenvalue weighted by Crippen LogP contribution is 2.28. The van der Waals surface area contributed by atoms with Crippen molar-refractivity contribution in [3.8, 4) is 0 Å². The molecule has 1 unspecified atom stereocenters. The number of hydrogen-bond acceptors (Lipinski definition) is 16. The number of carbonyl (C=O) groups is 11. The van der Waals surface area contributed by atoms with Crippen molar-refractivity contribution in [2.24, 2.45) is 29.6 Å². The summed E-state index contributed by atoms with van der Waals surface area (Å²) in [6.45, 7) is 29.1. The first-order valence-corrected chi connectivity index (χ1v) is 34.7. The second kappa shape index (κ2) is 38.8. The molecule has 0 aromatic rings. The fourth-order valence-corrected chi connectivity index (χ4v) is 13.1. The van der Waals surface area contributed by atoms with Crippen molar-refractivity contribution >= 4 is 65.0 Å². The van der Waals surface area contributed by atoms with Gasteiger partial charge in [-0.15, -0.1) is 0 Å². The Labute approximate surface area is 566 Å². The Morgan fingerprint density at radius 1 is 0.526 bits per heavy atom. The van der Waals surface area contributed by atoms with E-state index in [1.807, 2.05) is 27.7 Å². The largest absolute Gasteiger partial charge is 0.396 e. The van der Waals surface area contributed by atoms with Gasteiger partial charge < -0.3 is 75.3 Å². The first kappa shape index (κ1) is 83.2. The van der Waals surface area contributed by atoms with Crippen LogP contribution in [0.15, 0.2) is 0 Å². The van der Waals surface area contributed by atoms with Crippen LogP contribution < -0.4 is 21.3 Å². The fourth-order valence-electron chi connectivity index (χ4n) is 13.1. The van der Waals surface area contributed by atoms with Gasteiger partial charge in [-0.05, 0) is 122 Å². The second-order valence-corrected chi connectivity index (χ2v) is 28.5. The van der Waals surface area contributed by atoms with Crippen LogP contribution in [-0.2, 0) is 62.2 Å². The molecule has 3 heterocycles. The number of hydrogen-bond donors (Lipinski definition) is 6. The summed E-state index contributed by atoms with van der Waals surface area (Å²) in [6, 6.07) is -15.8. The molecule has 0 radical (unpaired) electrons. The number of unbranched alkanes of at least 4 members (excludes halogenated alkanes) is 3. The summed E-state index contributed by atoms with van der Waals surface area (Å²) in [5.74, 6) is -10.3. The van der Waals surface area contributed by atoms with E-state index in [-0.39, 0.29) is 50.7 Å². The number of nitrogens with zero attached hydrogens (tertiary/aromatic N) is 8. The van der Waals surface area contributed by atoms with E-state index in [1.54, 1.807) is 55.4 Å². The summed E-state index contributed by atoms with van der Waals surface area (Å²) in [7, 11) is 8.46. The van der Waals surface area contributed by atoms with Crippen LogP contribution in [0.1, 0.15) is 168 Å². The van der Waals surface area contributed by atoms with Crippen molar-refractivity contribution in [2.75, 3.05) is 88.3 Å². The maximum Gasteiger partial charge on any atom is 0.246 e. The van der Waals surface area contributed by atoms with Crippen LogP contribution in [0.3, 0.4) is 0 Å². The van der Waals surface area contributed by atoms with Crippen LogP contribution >= 0.6 is 0 Å². The van der Waals surface area contributed by atoms with Crippen LogP contribution in [0.4, 0.5) is 0 Å². The van der Waals surface area contributed by atoms with Gasteiger partial charge in [-0.2, -0.15) is 0 Å². The molecule has 15 atom stereocenters. The predicted octanol–water partition coefficient (Wildman–Crippen LogP) is 1.83. The number of morpholine rings is 1. The Hall–Kier alpha value is -6.03. The molecule has 3 aliphatic rings. The molecule has 3 fully saturated rings. The standard InChI is InChI=1S/C68H122N12O15/c1-22-49-65(90)73(16)46(13)63(88)78(21)56(48(15)95-33-27-25-29-79-30-34-94-35-31-79)61(86)71-53(41(6)7)68(93)74(17)50(36-39(2)3)58(83)69-45(12)62(87)80-44(11)38-52(76(19)66(91)51(37-40(4)5)75(18)64(89)47(80)14)67(92)77(20)55(42(8)9)60(85)72-54(59(84)70-49)57(82)43(10)28-24-23-26-32-81/h39-57,81-82H,22-38H2,1-21H3,(H,69,83)(H,70,84)(H,71,86)(H,72,85)/t43-,44?,45+,46-,47-,48-,49+,50+,51+,52+,53+,54+,55+,56+,57-/m1/s1. The molecule has 11 amide bonds. The van der Waals surface area contributed by atoms with Crippen molar-refractivity contribution in [1.29, 1.82) is 0 Å². The monoisotopic (exact) mass is 1350 g/mol. The number of nitrogens with one attached hydrogen (secondary N) is 4. The lowest BCUT2D eigenvalue weighted by Crippen LogP contribution is -2.65. The molecule has 95 heavy (non-hydrogen) atoms. The number of aliphatic hydroxyl groups is 2. The Bertz CT molecular complexity index is 2570. The van der Waals surface area contributed by atoms with Crippen molar-refractivity contribution in [2.45, 2.75) is 253 Å². The third-order valence-electron chi connectivity index (χ3n) is 19.4. The first-order chi connectivity index (χ1) is 44.4. The van der Waals surface area contributed by atoms with Gasteiger partial charge in [-0.1, -0.05) is 82.1 Å². The first-order valence-electron chi connectivity index (χ1n) is 34.7. The molecule has 3 saturated heterocycles. The number of amides is 11. The highest BCUT2D eigenvalue weighted by atomic mass is 16.5. The van der Waals surface area contributed by atoms with E-state index in [9.17, 15) is 39.0 Å². The predicted molar refractivity (Wildman–Crippen MR) is 360 cm³/mol. The van der Waals surface area contributed by atoms with Gasteiger partial charge in [0.1, 0.15) is 66.5 Å². The highest BCUT2D eigenvalue weighted by Gasteiger charge is 2.48. The summed E-state index contributed by atoms with van der Waals surface area (Å²) in [4.78, 5) is 176. The Balaban J connectivity index is 2.39. The minimum atomic E-state index is -1.73. The highest BCUT2D eigenvalue weighted by molar-refractivity contribution is 6.00. The van der Waals surface area contributed by atoms with Crippen LogP contribution in [0.5, 0.6) is 0 Å². The summed E-state index contributed by atoms with van der Waals surface area (Å²) < 4.78 is 11.9. The molecular weight excluding hydrogens is 1220 g/mol. The van der Waals surface area contributed by atoms with Crippen molar-refractivity contribution in [3.63, 3.8) is 0 Å². The molecule has 3 aliphatic heterocycles. The van der Waals surface area contributed by atoms with Gasteiger partial charge in [0.2, 0.25) is 65.0 Å². The van der Waals surface area contributed by atoms with Gasteiger partial charge in [0.15, 0.2) is 0 Å². The number of rotatable bonds is 21. The van der Waals surface area contributed by atoms with E-state index in [0.29, 0.717) is 45.3 Å². The van der Waals surface area contributed by atoms with Crippen LogP contribution in [0, 0.1) is 29.6 Å². The molecule has 27 heteroatoms. The third kappa shape index (κ3) is 22.5. The molecule has 2 bridgehead atoms. The van der Waals surface area contributed by atoms with Crippen LogP contribution in [0.2, 0.25) is 0 Å². The zero-order valence-electron chi connectivity index (χ0n) is 61.3. The fraction of sp³-hybridized carbons (Fsp3) is 0.838. The van der Waals surface area contributed by atoms with Crippen molar-refractivity contribution in [3.05, 3.63) is 0 Å². The van der Waals surface area contributed by atoms with E-state index in [0.717, 1.165) is 35.9 Å². The molecule has 0 aromatic carbocycles. The maximum atomic E-state index is 15.5. The zero-order chi connectivity index (χ0) is 72.2. The average Bonchev–Trinajstić information content (AvgIpc) is 0.802. The van der Waals surface area contributed by atoms with Crippen LogP contribution in [0.25, 0.3) is 0 Å².